The van der Waals surface area contributed by atoms with Gasteiger partial charge in [0.05, 0.1) is 24.2 Å². The number of aromatic nitrogens is 3. The van der Waals surface area contributed by atoms with Crippen LogP contribution in [0.25, 0.3) is 28.2 Å². The third-order valence-electron chi connectivity index (χ3n) is 4.79. The summed E-state index contributed by atoms with van der Waals surface area (Å²) in [4.78, 5) is 15.9. The lowest BCUT2D eigenvalue weighted by Crippen LogP contribution is -2.12. The molecule has 1 amide bonds. The summed E-state index contributed by atoms with van der Waals surface area (Å²) in [5.74, 6) is 0.712. The molecule has 7 nitrogen and oxygen atoms in total. The smallest absolute Gasteiger partial charge is 0.221 e. The Balaban J connectivity index is 1.62. The van der Waals surface area contributed by atoms with Crippen LogP contribution in [0.4, 0.5) is 5.69 Å². The van der Waals surface area contributed by atoms with E-state index in [-0.39, 0.29) is 12.7 Å². The van der Waals surface area contributed by atoms with Gasteiger partial charge in [0.2, 0.25) is 5.91 Å². The summed E-state index contributed by atoms with van der Waals surface area (Å²) >= 11 is 0. The number of hydrogen-bond donors (Lipinski definition) is 1. The summed E-state index contributed by atoms with van der Waals surface area (Å²) in [6.07, 6.45) is 1.81. The van der Waals surface area contributed by atoms with Crippen molar-refractivity contribution in [2.75, 3.05) is 12.1 Å². The van der Waals surface area contributed by atoms with Gasteiger partial charge >= 0.3 is 0 Å². The number of fused-ring (bicyclic) bond motifs is 2. The molecule has 0 fully saturated rings. The van der Waals surface area contributed by atoms with Crippen LogP contribution in [-0.4, -0.2) is 27.3 Å². The molecular weight excluding hydrogens is 368 g/mol. The van der Waals surface area contributed by atoms with Crippen LogP contribution in [0.15, 0.2) is 60.8 Å². The number of rotatable bonds is 3. The van der Waals surface area contributed by atoms with Crippen molar-refractivity contribution >= 4 is 17.2 Å². The van der Waals surface area contributed by atoms with Gasteiger partial charge in [-0.15, -0.1) is 0 Å². The molecule has 0 spiro atoms. The minimum atomic E-state index is -0.110. The van der Waals surface area contributed by atoms with Gasteiger partial charge in [-0.25, -0.2) is 9.50 Å². The highest BCUT2D eigenvalue weighted by molar-refractivity contribution is 5.89. The lowest BCUT2D eigenvalue weighted by atomic mass is 10.0. The molecule has 0 saturated carbocycles. The van der Waals surface area contributed by atoms with E-state index < -0.39 is 0 Å². The van der Waals surface area contributed by atoms with E-state index in [2.05, 4.69) is 10.3 Å². The predicted molar refractivity (Wildman–Crippen MR) is 108 cm³/mol. The number of nitrogens with zero attached hydrogens (tertiary/aromatic N) is 3. The molecule has 0 bridgehead atoms. The summed E-state index contributed by atoms with van der Waals surface area (Å²) in [5, 5.41) is 7.62. The summed E-state index contributed by atoms with van der Waals surface area (Å²) in [6, 6.07) is 17.4. The van der Waals surface area contributed by atoms with Crippen molar-refractivity contribution in [1.82, 2.24) is 14.6 Å². The topological polar surface area (TPSA) is 77.8 Å². The molecule has 144 valence electrons. The standard InChI is InChI=1S/C22H18N4O3/c1-14(27)24-16-5-2-4-15(10-16)19-8-9-22-23-11-20(26(22)25-19)17-6-3-7-21-18(17)12-28-13-29-21/h2-11H,12-13H2,1H3,(H,24,27). The zero-order chi connectivity index (χ0) is 19.8. The van der Waals surface area contributed by atoms with Gasteiger partial charge in [0.1, 0.15) is 5.75 Å². The highest BCUT2D eigenvalue weighted by Gasteiger charge is 2.18. The molecular formula is C22H18N4O3. The number of nitrogens with one attached hydrogen (secondary N) is 1. The maximum atomic E-state index is 11.4. The van der Waals surface area contributed by atoms with Crippen LogP contribution in [0.2, 0.25) is 0 Å². The third kappa shape index (κ3) is 3.21. The molecule has 0 radical (unpaired) electrons. The SMILES string of the molecule is CC(=O)Nc1cccc(-c2ccc3ncc(-c4cccc5c4COCO5)n3n2)c1. The molecule has 3 heterocycles. The Bertz CT molecular complexity index is 1230. The van der Waals surface area contributed by atoms with Gasteiger partial charge in [-0.1, -0.05) is 24.3 Å². The summed E-state index contributed by atoms with van der Waals surface area (Å²) < 4.78 is 12.9. The second-order valence-corrected chi connectivity index (χ2v) is 6.79. The van der Waals surface area contributed by atoms with Gasteiger partial charge in [0, 0.05) is 29.3 Å². The number of hydrogen-bond acceptors (Lipinski definition) is 5. The van der Waals surface area contributed by atoms with Crippen LogP contribution in [-0.2, 0) is 16.1 Å². The van der Waals surface area contributed by atoms with Crippen LogP contribution >= 0.6 is 0 Å². The average molecular weight is 386 g/mol. The largest absolute Gasteiger partial charge is 0.467 e. The zero-order valence-electron chi connectivity index (χ0n) is 15.8. The Hall–Kier alpha value is -3.71. The molecule has 1 aliphatic heterocycles. The predicted octanol–water partition coefficient (Wildman–Crippen LogP) is 3.89. The minimum Gasteiger partial charge on any atom is -0.467 e. The van der Waals surface area contributed by atoms with E-state index in [0.29, 0.717) is 6.61 Å². The van der Waals surface area contributed by atoms with E-state index >= 15 is 0 Å². The number of carbonyl (C=O) groups excluding carboxylic acids is 1. The van der Waals surface area contributed by atoms with Crippen LogP contribution < -0.4 is 10.1 Å². The third-order valence-corrected chi connectivity index (χ3v) is 4.79. The van der Waals surface area contributed by atoms with Gasteiger partial charge in [0.25, 0.3) is 0 Å². The van der Waals surface area contributed by atoms with Crippen molar-refractivity contribution in [3.05, 3.63) is 66.4 Å². The highest BCUT2D eigenvalue weighted by Crippen LogP contribution is 2.34. The molecule has 2 aromatic heterocycles. The number of amides is 1. The van der Waals surface area contributed by atoms with Gasteiger partial charge in [-0.3, -0.25) is 4.79 Å². The normalized spacial score (nSPS) is 13.0. The Morgan fingerprint density at radius 2 is 2.03 bits per heavy atom. The van der Waals surface area contributed by atoms with E-state index in [1.54, 1.807) is 0 Å². The van der Waals surface area contributed by atoms with Crippen LogP contribution in [0.3, 0.4) is 0 Å². The maximum absolute atomic E-state index is 11.4. The molecule has 29 heavy (non-hydrogen) atoms. The van der Waals surface area contributed by atoms with Gasteiger partial charge in [-0.2, -0.15) is 5.10 Å². The summed E-state index contributed by atoms with van der Waals surface area (Å²) in [5.41, 5.74) is 5.99. The zero-order valence-corrected chi connectivity index (χ0v) is 15.8. The Labute approximate surface area is 166 Å². The fourth-order valence-corrected chi connectivity index (χ4v) is 3.51. The Morgan fingerprint density at radius 1 is 1.14 bits per heavy atom. The van der Waals surface area contributed by atoms with E-state index in [4.69, 9.17) is 14.6 Å². The lowest BCUT2D eigenvalue weighted by Gasteiger charge is -2.20. The fourth-order valence-electron chi connectivity index (χ4n) is 3.51. The first-order valence-electron chi connectivity index (χ1n) is 9.25. The monoisotopic (exact) mass is 386 g/mol. The first kappa shape index (κ1) is 17.4. The number of benzene rings is 2. The van der Waals surface area contributed by atoms with Crippen molar-refractivity contribution in [1.29, 1.82) is 0 Å². The fraction of sp³-hybridized carbons (Fsp3) is 0.136. The maximum Gasteiger partial charge on any atom is 0.221 e. The van der Waals surface area contributed by atoms with Gasteiger partial charge in [-0.05, 0) is 30.3 Å². The Morgan fingerprint density at radius 3 is 2.93 bits per heavy atom. The Kier molecular flexibility index (Phi) is 4.22. The number of ether oxygens (including phenoxy) is 2. The van der Waals surface area contributed by atoms with Crippen LogP contribution in [0.1, 0.15) is 12.5 Å². The van der Waals surface area contributed by atoms with Crippen molar-refractivity contribution in [3.63, 3.8) is 0 Å². The molecule has 0 unspecified atom stereocenters. The lowest BCUT2D eigenvalue weighted by molar-refractivity contribution is -0.114. The highest BCUT2D eigenvalue weighted by atomic mass is 16.7. The molecule has 5 rings (SSSR count). The van der Waals surface area contributed by atoms with Gasteiger partial charge < -0.3 is 14.8 Å². The molecule has 4 aromatic rings. The summed E-state index contributed by atoms with van der Waals surface area (Å²) in [7, 11) is 0. The molecule has 7 heteroatoms. The molecule has 0 aliphatic carbocycles. The van der Waals surface area contributed by atoms with Crippen molar-refractivity contribution in [2.45, 2.75) is 13.5 Å². The number of imidazole rings is 1. The molecule has 0 saturated heterocycles. The van der Waals surface area contributed by atoms with E-state index in [9.17, 15) is 4.79 Å². The van der Waals surface area contributed by atoms with Crippen LogP contribution in [0.5, 0.6) is 5.75 Å². The van der Waals surface area contributed by atoms with Crippen molar-refractivity contribution < 1.29 is 14.3 Å². The molecule has 0 atom stereocenters. The first-order valence-corrected chi connectivity index (χ1v) is 9.25. The molecule has 2 aromatic carbocycles. The first-order chi connectivity index (χ1) is 14.2. The summed E-state index contributed by atoms with van der Waals surface area (Å²) in [6.45, 7) is 2.23. The van der Waals surface area contributed by atoms with Crippen molar-refractivity contribution in [3.8, 4) is 28.3 Å². The van der Waals surface area contributed by atoms with Crippen molar-refractivity contribution in [2.24, 2.45) is 0 Å². The second kappa shape index (κ2) is 7.03. The number of anilines is 1. The molecule has 1 N–H and O–H groups in total. The van der Waals surface area contributed by atoms with Crippen LogP contribution in [0, 0.1) is 0 Å². The van der Waals surface area contributed by atoms with E-state index in [1.165, 1.54) is 6.92 Å². The quantitative estimate of drug-likeness (QED) is 0.578. The minimum absolute atomic E-state index is 0.110. The van der Waals surface area contributed by atoms with Gasteiger partial charge in [0.15, 0.2) is 12.4 Å². The van der Waals surface area contributed by atoms with E-state index in [1.807, 2.05) is 65.3 Å². The molecule has 1 aliphatic rings. The average Bonchev–Trinajstić information content (AvgIpc) is 3.16. The van der Waals surface area contributed by atoms with E-state index in [0.717, 1.165) is 45.2 Å². The second-order valence-electron chi connectivity index (χ2n) is 6.79. The number of carbonyl (C=O) groups is 1.